The molecule has 166 valence electrons. The fraction of sp³-hybridized carbons (Fsp3) is 0.526. The van der Waals surface area contributed by atoms with E-state index in [1.165, 1.54) is 12.3 Å². The van der Waals surface area contributed by atoms with Crippen molar-refractivity contribution < 1.29 is 22.1 Å². The lowest BCUT2D eigenvalue weighted by Crippen LogP contribution is -2.39. The molecule has 2 bridgehead atoms. The Morgan fingerprint density at radius 1 is 1.26 bits per heavy atom. The summed E-state index contributed by atoms with van der Waals surface area (Å²) in [6.45, 7) is -1.74. The third-order valence-corrected chi connectivity index (χ3v) is 7.71. The zero-order valence-corrected chi connectivity index (χ0v) is 17.3. The zero-order valence-electron chi connectivity index (χ0n) is 16.5. The van der Waals surface area contributed by atoms with Gasteiger partial charge in [-0.05, 0) is 18.9 Å². The zero-order chi connectivity index (χ0) is 21.7. The summed E-state index contributed by atoms with van der Waals surface area (Å²) < 4.78 is 55.8. The lowest BCUT2D eigenvalue weighted by atomic mass is 10.2. The average molecular weight is 454 g/mol. The average Bonchev–Trinajstić information content (AvgIpc) is 3.44. The lowest BCUT2D eigenvalue weighted by Gasteiger charge is -2.29. The number of alkyl halides is 3. The quantitative estimate of drug-likeness (QED) is 0.733. The monoisotopic (exact) mass is 454 g/mol. The Kier molecular flexibility index (Phi) is 5.11. The van der Waals surface area contributed by atoms with E-state index in [0.717, 1.165) is 6.42 Å². The number of halogens is 3. The fourth-order valence-corrected chi connectivity index (χ4v) is 6.10. The first-order chi connectivity index (χ1) is 14.9. The second-order valence-corrected chi connectivity index (χ2v) is 9.70. The molecule has 0 aliphatic carbocycles. The van der Waals surface area contributed by atoms with Crippen LogP contribution in [-0.4, -0.2) is 68.6 Å². The number of pyridine rings is 1. The standard InChI is InChI=1S/C19H21F3N6O2S/c20-11-1-2-27(7-11)19-25-14(10-3-15(30-18(21)22)17(23)24-6-10)5-16(26-19)28-8-13-4-12(28)9-31(13)29/h3,5-6,11-13,18H,1-2,4,7-9H2,(H2,23,24)/t11-,12+,13+,31-/m1/s1. The van der Waals surface area contributed by atoms with Gasteiger partial charge in [0.05, 0.1) is 17.5 Å². The maximum absolute atomic E-state index is 13.8. The van der Waals surface area contributed by atoms with Crippen molar-refractivity contribution >= 4 is 28.4 Å². The summed E-state index contributed by atoms with van der Waals surface area (Å²) in [7, 11) is -0.827. The highest BCUT2D eigenvalue weighted by Crippen LogP contribution is 2.37. The summed E-state index contributed by atoms with van der Waals surface area (Å²) in [4.78, 5) is 17.1. The first-order valence-corrected chi connectivity index (χ1v) is 11.4. The molecular formula is C19H21F3N6O2S. The van der Waals surface area contributed by atoms with E-state index >= 15 is 0 Å². The van der Waals surface area contributed by atoms with E-state index < -0.39 is 23.6 Å². The van der Waals surface area contributed by atoms with Gasteiger partial charge in [-0.3, -0.25) is 4.21 Å². The number of ether oxygens (including phenoxy) is 1. The van der Waals surface area contributed by atoms with Crippen LogP contribution >= 0.6 is 0 Å². The number of aromatic nitrogens is 3. The third-order valence-electron chi connectivity index (χ3n) is 5.91. The van der Waals surface area contributed by atoms with Gasteiger partial charge in [-0.2, -0.15) is 13.8 Å². The molecule has 0 spiro atoms. The summed E-state index contributed by atoms with van der Waals surface area (Å²) in [6, 6.07) is 3.23. The molecule has 2 aromatic heterocycles. The van der Waals surface area contributed by atoms with Crippen LogP contribution in [0.2, 0.25) is 0 Å². The van der Waals surface area contributed by atoms with E-state index in [0.29, 0.717) is 48.3 Å². The molecule has 2 N–H and O–H groups in total. The molecular weight excluding hydrogens is 433 g/mol. The van der Waals surface area contributed by atoms with Gasteiger partial charge in [0.2, 0.25) is 5.95 Å². The predicted molar refractivity (Wildman–Crippen MR) is 111 cm³/mol. The summed E-state index contributed by atoms with van der Waals surface area (Å²) in [6.07, 6.45) is 1.71. The smallest absolute Gasteiger partial charge is 0.387 e. The topological polar surface area (TPSA) is 97.5 Å². The first kappa shape index (κ1) is 20.3. The van der Waals surface area contributed by atoms with Crippen LogP contribution in [0.4, 0.5) is 30.8 Å². The van der Waals surface area contributed by atoms with E-state index in [1.54, 1.807) is 11.0 Å². The van der Waals surface area contributed by atoms with E-state index in [2.05, 4.69) is 24.6 Å². The van der Waals surface area contributed by atoms with E-state index in [4.69, 9.17) is 5.73 Å². The van der Waals surface area contributed by atoms with Crippen LogP contribution in [0.5, 0.6) is 5.75 Å². The van der Waals surface area contributed by atoms with Crippen LogP contribution in [-0.2, 0) is 10.8 Å². The Morgan fingerprint density at radius 3 is 2.74 bits per heavy atom. The number of nitrogens with zero attached hydrogens (tertiary/aromatic N) is 5. The molecule has 0 amide bonds. The van der Waals surface area contributed by atoms with Crippen LogP contribution < -0.4 is 20.3 Å². The summed E-state index contributed by atoms with van der Waals surface area (Å²) >= 11 is 0. The highest BCUT2D eigenvalue weighted by Gasteiger charge is 2.44. The van der Waals surface area contributed by atoms with Gasteiger partial charge >= 0.3 is 6.61 Å². The number of rotatable bonds is 5. The van der Waals surface area contributed by atoms with Gasteiger partial charge in [0, 0.05) is 53.5 Å². The minimum absolute atomic E-state index is 0.109. The molecule has 5 rings (SSSR count). The Balaban J connectivity index is 1.55. The van der Waals surface area contributed by atoms with Crippen molar-refractivity contribution in [1.82, 2.24) is 15.0 Å². The van der Waals surface area contributed by atoms with E-state index in [1.807, 2.05) is 0 Å². The molecule has 0 unspecified atom stereocenters. The number of nitrogens with two attached hydrogens (primary N) is 1. The van der Waals surface area contributed by atoms with Gasteiger partial charge in [0.1, 0.15) is 12.0 Å². The van der Waals surface area contributed by atoms with Crippen LogP contribution in [0, 0.1) is 0 Å². The van der Waals surface area contributed by atoms with Crippen molar-refractivity contribution in [3.8, 4) is 17.0 Å². The van der Waals surface area contributed by atoms with Gasteiger partial charge in [0.15, 0.2) is 11.6 Å². The Bertz CT molecular complexity index is 1030. The molecule has 0 saturated carbocycles. The van der Waals surface area contributed by atoms with Crippen molar-refractivity contribution in [2.45, 2.75) is 36.9 Å². The van der Waals surface area contributed by atoms with Gasteiger partial charge < -0.3 is 20.3 Å². The van der Waals surface area contributed by atoms with Crippen LogP contribution in [0.15, 0.2) is 18.3 Å². The molecule has 12 heteroatoms. The molecule has 3 fully saturated rings. The SMILES string of the molecule is Nc1ncc(-c2cc(N3C[C@@H]4C[C@H]3C[S@]4=O)nc(N3CC[C@@H](F)C3)n2)cc1OC(F)F. The van der Waals surface area contributed by atoms with E-state index in [9.17, 15) is 17.4 Å². The largest absolute Gasteiger partial charge is 0.431 e. The fourth-order valence-electron chi connectivity index (χ4n) is 4.37. The van der Waals surface area contributed by atoms with Gasteiger partial charge in [-0.25, -0.2) is 14.4 Å². The van der Waals surface area contributed by atoms with Crippen molar-refractivity contribution in [3.63, 3.8) is 0 Å². The maximum Gasteiger partial charge on any atom is 0.387 e. The molecule has 3 saturated heterocycles. The number of hydrogen-bond acceptors (Lipinski definition) is 8. The Hall–Kier alpha value is -2.63. The Labute approximate surface area is 179 Å². The van der Waals surface area contributed by atoms with Gasteiger partial charge in [-0.1, -0.05) is 0 Å². The molecule has 31 heavy (non-hydrogen) atoms. The minimum atomic E-state index is -3.04. The molecule has 0 aromatic carbocycles. The molecule has 3 aliphatic heterocycles. The van der Waals surface area contributed by atoms with Crippen molar-refractivity contribution in [2.75, 3.05) is 40.9 Å². The van der Waals surface area contributed by atoms with E-state index in [-0.39, 0.29) is 29.4 Å². The summed E-state index contributed by atoms with van der Waals surface area (Å²) in [5.41, 5.74) is 6.53. The number of fused-ring (bicyclic) bond motifs is 2. The molecule has 5 heterocycles. The lowest BCUT2D eigenvalue weighted by molar-refractivity contribution is -0.0494. The van der Waals surface area contributed by atoms with Gasteiger partial charge in [-0.15, -0.1) is 0 Å². The molecule has 2 aromatic rings. The summed E-state index contributed by atoms with van der Waals surface area (Å²) in [5.74, 6) is 1.20. The number of anilines is 3. The van der Waals surface area contributed by atoms with Crippen molar-refractivity contribution in [3.05, 3.63) is 18.3 Å². The van der Waals surface area contributed by atoms with Crippen LogP contribution in [0.1, 0.15) is 12.8 Å². The predicted octanol–water partition coefficient (Wildman–Crippen LogP) is 1.98. The number of nitrogen functional groups attached to an aromatic ring is 1. The maximum atomic E-state index is 13.8. The van der Waals surface area contributed by atoms with Crippen LogP contribution in [0.25, 0.3) is 11.3 Å². The minimum Gasteiger partial charge on any atom is -0.431 e. The highest BCUT2D eigenvalue weighted by molar-refractivity contribution is 7.86. The summed E-state index contributed by atoms with van der Waals surface area (Å²) in [5, 5.41) is 0.109. The Morgan fingerprint density at radius 2 is 2.10 bits per heavy atom. The second kappa shape index (κ2) is 7.81. The second-order valence-electron chi connectivity index (χ2n) is 7.94. The van der Waals surface area contributed by atoms with Gasteiger partial charge in [0.25, 0.3) is 0 Å². The van der Waals surface area contributed by atoms with Crippen LogP contribution in [0.3, 0.4) is 0 Å². The highest BCUT2D eigenvalue weighted by atomic mass is 32.2. The first-order valence-electron chi connectivity index (χ1n) is 10.00. The normalized spacial score (nSPS) is 27.5. The number of hydrogen-bond donors (Lipinski definition) is 1. The molecule has 4 atom stereocenters. The molecule has 0 radical (unpaired) electrons. The molecule has 3 aliphatic rings. The third kappa shape index (κ3) is 3.88. The van der Waals surface area contributed by atoms with Crippen molar-refractivity contribution in [1.29, 1.82) is 0 Å². The molecule has 8 nitrogen and oxygen atoms in total. The van der Waals surface area contributed by atoms with Crippen molar-refractivity contribution in [2.24, 2.45) is 0 Å².